The van der Waals surface area contributed by atoms with E-state index in [1.807, 2.05) is 0 Å². The zero-order chi connectivity index (χ0) is 11.5. The number of carbonyl (C=O) groups excluding carboxylic acids is 2. The maximum Gasteiger partial charge on any atom is 0.224 e. The van der Waals surface area contributed by atoms with Crippen LogP contribution in [0.1, 0.15) is 38.5 Å². The van der Waals surface area contributed by atoms with Crippen LogP contribution in [0.4, 0.5) is 0 Å². The lowest BCUT2D eigenvalue weighted by Crippen LogP contribution is -2.40. The van der Waals surface area contributed by atoms with Crippen molar-refractivity contribution in [2.75, 3.05) is 13.6 Å². The fourth-order valence-electron chi connectivity index (χ4n) is 2.64. The number of amides is 2. The van der Waals surface area contributed by atoms with Gasteiger partial charge in [0, 0.05) is 25.9 Å². The van der Waals surface area contributed by atoms with E-state index in [1.54, 1.807) is 11.9 Å². The molecule has 4 heteroatoms. The predicted molar refractivity (Wildman–Crippen MR) is 60.8 cm³/mol. The van der Waals surface area contributed by atoms with Crippen molar-refractivity contribution in [3.8, 4) is 0 Å². The van der Waals surface area contributed by atoms with Crippen molar-refractivity contribution in [2.45, 2.75) is 44.6 Å². The largest absolute Gasteiger partial charge is 0.351 e. The van der Waals surface area contributed by atoms with Crippen molar-refractivity contribution >= 4 is 11.8 Å². The maximum atomic E-state index is 11.9. The molecule has 1 atom stereocenters. The van der Waals surface area contributed by atoms with Gasteiger partial charge in [0.05, 0.1) is 6.04 Å². The lowest BCUT2D eigenvalue weighted by Gasteiger charge is -2.22. The van der Waals surface area contributed by atoms with Gasteiger partial charge in [0.15, 0.2) is 0 Å². The molecule has 1 N–H and O–H groups in total. The van der Waals surface area contributed by atoms with E-state index in [2.05, 4.69) is 5.32 Å². The smallest absolute Gasteiger partial charge is 0.224 e. The van der Waals surface area contributed by atoms with Crippen LogP contribution < -0.4 is 5.32 Å². The van der Waals surface area contributed by atoms with Crippen LogP contribution in [0.15, 0.2) is 0 Å². The van der Waals surface area contributed by atoms with E-state index in [0.717, 1.165) is 12.8 Å². The fourth-order valence-corrected chi connectivity index (χ4v) is 2.64. The molecule has 2 amide bonds. The average molecular weight is 224 g/mol. The van der Waals surface area contributed by atoms with Gasteiger partial charge in [-0.2, -0.15) is 0 Å². The molecule has 0 aromatic carbocycles. The highest BCUT2D eigenvalue weighted by Gasteiger charge is 2.30. The van der Waals surface area contributed by atoms with Gasteiger partial charge >= 0.3 is 0 Å². The van der Waals surface area contributed by atoms with Crippen LogP contribution in [0.5, 0.6) is 0 Å². The summed E-state index contributed by atoms with van der Waals surface area (Å²) in [6.45, 7) is 0.664. The van der Waals surface area contributed by atoms with Crippen LogP contribution in [0.2, 0.25) is 0 Å². The first-order valence-electron chi connectivity index (χ1n) is 6.21. The second-order valence-corrected chi connectivity index (χ2v) is 5.02. The molecule has 4 nitrogen and oxygen atoms in total. The summed E-state index contributed by atoms with van der Waals surface area (Å²) in [5, 5.41) is 3.01. The lowest BCUT2D eigenvalue weighted by atomic mass is 9.88. The number of likely N-dealkylation sites (tertiary alicyclic amines) is 1. The third-order valence-electron chi connectivity index (χ3n) is 3.66. The molecule has 0 aromatic rings. The molecule has 1 saturated heterocycles. The van der Waals surface area contributed by atoms with Gasteiger partial charge in [-0.05, 0) is 12.8 Å². The summed E-state index contributed by atoms with van der Waals surface area (Å²) in [5.41, 5.74) is 0. The molecule has 16 heavy (non-hydrogen) atoms. The van der Waals surface area contributed by atoms with E-state index in [-0.39, 0.29) is 23.8 Å². The quantitative estimate of drug-likeness (QED) is 0.758. The predicted octanol–water partition coefficient (Wildman–Crippen LogP) is 0.914. The Labute approximate surface area is 96.4 Å². The normalized spacial score (nSPS) is 27.2. The Kier molecular flexibility index (Phi) is 3.46. The molecular weight excluding hydrogens is 204 g/mol. The van der Waals surface area contributed by atoms with Crippen LogP contribution >= 0.6 is 0 Å². The molecule has 2 rings (SSSR count). The topological polar surface area (TPSA) is 49.4 Å². The van der Waals surface area contributed by atoms with Crippen molar-refractivity contribution in [1.29, 1.82) is 0 Å². The van der Waals surface area contributed by atoms with Crippen molar-refractivity contribution in [3.63, 3.8) is 0 Å². The summed E-state index contributed by atoms with van der Waals surface area (Å²) in [5.74, 6) is 0.483. The SMILES string of the molecule is CN1CC(NC(=O)C2CCCCC2)CC1=O. The number of rotatable bonds is 2. The summed E-state index contributed by atoms with van der Waals surface area (Å²) in [6.07, 6.45) is 6.09. The van der Waals surface area contributed by atoms with E-state index < -0.39 is 0 Å². The number of likely N-dealkylation sites (N-methyl/N-ethyl adjacent to an activating group) is 1. The second kappa shape index (κ2) is 4.85. The summed E-state index contributed by atoms with van der Waals surface area (Å²) < 4.78 is 0. The van der Waals surface area contributed by atoms with Crippen molar-refractivity contribution in [1.82, 2.24) is 10.2 Å². The van der Waals surface area contributed by atoms with E-state index >= 15 is 0 Å². The zero-order valence-corrected chi connectivity index (χ0v) is 9.87. The van der Waals surface area contributed by atoms with Crippen LogP contribution in [0.3, 0.4) is 0 Å². The van der Waals surface area contributed by atoms with Crippen LogP contribution in [-0.2, 0) is 9.59 Å². The summed E-state index contributed by atoms with van der Waals surface area (Å²) in [7, 11) is 1.79. The highest BCUT2D eigenvalue weighted by molar-refractivity contribution is 5.83. The molecule has 90 valence electrons. The average Bonchev–Trinajstić information content (AvgIpc) is 2.59. The van der Waals surface area contributed by atoms with Crippen LogP contribution in [0, 0.1) is 5.92 Å². The summed E-state index contributed by atoms with van der Waals surface area (Å²) >= 11 is 0. The molecule has 2 aliphatic rings. The Morgan fingerprint density at radius 1 is 1.31 bits per heavy atom. The standard InChI is InChI=1S/C12H20N2O2/c1-14-8-10(7-11(14)15)13-12(16)9-5-3-2-4-6-9/h9-10H,2-8H2,1H3,(H,13,16). The number of nitrogens with zero attached hydrogens (tertiary/aromatic N) is 1. The molecular formula is C12H20N2O2. The first-order chi connectivity index (χ1) is 7.66. The molecule has 0 aromatic heterocycles. The van der Waals surface area contributed by atoms with Gasteiger partial charge in [-0.15, -0.1) is 0 Å². The monoisotopic (exact) mass is 224 g/mol. The molecule has 0 spiro atoms. The fraction of sp³-hybridized carbons (Fsp3) is 0.833. The van der Waals surface area contributed by atoms with Gasteiger partial charge in [-0.3, -0.25) is 9.59 Å². The summed E-state index contributed by atoms with van der Waals surface area (Å²) in [6, 6.07) is 0.0342. The van der Waals surface area contributed by atoms with E-state index in [0.29, 0.717) is 13.0 Å². The van der Waals surface area contributed by atoms with Crippen LogP contribution in [-0.4, -0.2) is 36.3 Å². The first kappa shape index (κ1) is 11.4. The van der Waals surface area contributed by atoms with Gasteiger partial charge in [-0.25, -0.2) is 0 Å². The van der Waals surface area contributed by atoms with Gasteiger partial charge in [0.2, 0.25) is 11.8 Å². The minimum atomic E-state index is 0.0342. The minimum Gasteiger partial charge on any atom is -0.351 e. The number of hydrogen-bond acceptors (Lipinski definition) is 2. The Balaban J connectivity index is 1.81. The van der Waals surface area contributed by atoms with Gasteiger partial charge in [0.1, 0.15) is 0 Å². The molecule has 1 aliphatic heterocycles. The number of carbonyl (C=O) groups is 2. The Morgan fingerprint density at radius 2 is 2.00 bits per heavy atom. The molecule has 1 saturated carbocycles. The van der Waals surface area contributed by atoms with E-state index in [4.69, 9.17) is 0 Å². The van der Waals surface area contributed by atoms with Crippen molar-refractivity contribution in [2.24, 2.45) is 5.92 Å². The van der Waals surface area contributed by atoms with Crippen LogP contribution in [0.25, 0.3) is 0 Å². The van der Waals surface area contributed by atoms with Gasteiger partial charge in [-0.1, -0.05) is 19.3 Å². The van der Waals surface area contributed by atoms with E-state index in [9.17, 15) is 9.59 Å². The van der Waals surface area contributed by atoms with Gasteiger partial charge in [0.25, 0.3) is 0 Å². The van der Waals surface area contributed by atoms with Crippen molar-refractivity contribution in [3.05, 3.63) is 0 Å². The Bertz CT molecular complexity index is 285. The number of nitrogens with one attached hydrogen (secondary N) is 1. The minimum absolute atomic E-state index is 0.0342. The third kappa shape index (κ3) is 2.54. The maximum absolute atomic E-state index is 11.9. The summed E-state index contributed by atoms with van der Waals surface area (Å²) in [4.78, 5) is 24.9. The zero-order valence-electron chi connectivity index (χ0n) is 9.87. The first-order valence-corrected chi connectivity index (χ1v) is 6.21. The Hall–Kier alpha value is -1.06. The highest BCUT2D eigenvalue weighted by Crippen LogP contribution is 2.24. The highest BCUT2D eigenvalue weighted by atomic mass is 16.2. The molecule has 1 aliphatic carbocycles. The third-order valence-corrected chi connectivity index (χ3v) is 3.66. The molecule has 1 heterocycles. The molecule has 2 fully saturated rings. The molecule has 0 bridgehead atoms. The Morgan fingerprint density at radius 3 is 2.56 bits per heavy atom. The lowest BCUT2D eigenvalue weighted by molar-refractivity contribution is -0.126. The van der Waals surface area contributed by atoms with Gasteiger partial charge < -0.3 is 10.2 Å². The molecule has 0 radical (unpaired) electrons. The van der Waals surface area contributed by atoms with Crippen molar-refractivity contribution < 1.29 is 9.59 Å². The number of hydrogen-bond donors (Lipinski definition) is 1. The molecule has 1 unspecified atom stereocenters. The second-order valence-electron chi connectivity index (χ2n) is 5.02. The van der Waals surface area contributed by atoms with E-state index in [1.165, 1.54) is 19.3 Å².